The Morgan fingerprint density at radius 3 is 2.65 bits per heavy atom. The van der Waals surface area contributed by atoms with Crippen molar-refractivity contribution in [2.24, 2.45) is 0 Å². The second-order valence-corrected chi connectivity index (χ2v) is 5.14. The van der Waals surface area contributed by atoms with Crippen LogP contribution in [0.3, 0.4) is 0 Å². The first kappa shape index (κ1) is 14.0. The summed E-state index contributed by atoms with van der Waals surface area (Å²) >= 11 is 1.40. The SMILES string of the molecule is CCCCCCCCNC(=O)c1sccc1N. The van der Waals surface area contributed by atoms with Gasteiger partial charge in [-0.2, -0.15) is 0 Å². The molecule has 1 aromatic rings. The summed E-state index contributed by atoms with van der Waals surface area (Å²) in [4.78, 5) is 12.3. The number of rotatable bonds is 8. The van der Waals surface area contributed by atoms with Crippen LogP contribution >= 0.6 is 11.3 Å². The summed E-state index contributed by atoms with van der Waals surface area (Å²) in [7, 11) is 0. The van der Waals surface area contributed by atoms with Crippen LogP contribution in [-0.4, -0.2) is 12.5 Å². The van der Waals surface area contributed by atoms with Crippen molar-refractivity contribution in [3.05, 3.63) is 16.3 Å². The minimum atomic E-state index is -0.0361. The number of hydrogen-bond donors (Lipinski definition) is 2. The normalized spacial score (nSPS) is 10.4. The van der Waals surface area contributed by atoms with Crippen molar-refractivity contribution in [1.29, 1.82) is 0 Å². The van der Waals surface area contributed by atoms with Gasteiger partial charge in [0.25, 0.3) is 5.91 Å². The van der Waals surface area contributed by atoms with Gasteiger partial charge in [-0.25, -0.2) is 0 Å². The van der Waals surface area contributed by atoms with Crippen LogP contribution < -0.4 is 11.1 Å². The molecule has 1 aromatic heterocycles. The lowest BCUT2D eigenvalue weighted by Gasteiger charge is -2.04. The van der Waals surface area contributed by atoms with Crippen molar-refractivity contribution in [1.82, 2.24) is 5.32 Å². The van der Waals surface area contributed by atoms with Crippen LogP contribution in [0.2, 0.25) is 0 Å². The van der Waals surface area contributed by atoms with Gasteiger partial charge < -0.3 is 11.1 Å². The van der Waals surface area contributed by atoms with Crippen LogP contribution in [0.15, 0.2) is 11.4 Å². The number of carbonyl (C=O) groups is 1. The van der Waals surface area contributed by atoms with E-state index >= 15 is 0 Å². The van der Waals surface area contributed by atoms with Gasteiger partial charge in [0.2, 0.25) is 0 Å². The molecule has 1 amide bonds. The van der Waals surface area contributed by atoms with Gasteiger partial charge in [-0.15, -0.1) is 11.3 Å². The first-order valence-electron chi connectivity index (χ1n) is 6.37. The first-order chi connectivity index (χ1) is 8.25. The second kappa shape index (κ2) is 8.12. The molecule has 0 atom stereocenters. The molecule has 1 rings (SSSR count). The molecule has 0 bridgehead atoms. The molecule has 3 nitrogen and oxygen atoms in total. The molecule has 0 radical (unpaired) electrons. The van der Waals surface area contributed by atoms with E-state index in [0.717, 1.165) is 13.0 Å². The van der Waals surface area contributed by atoms with Gasteiger partial charge in [-0.05, 0) is 17.9 Å². The van der Waals surface area contributed by atoms with Crippen molar-refractivity contribution < 1.29 is 4.79 Å². The molecule has 3 N–H and O–H groups in total. The van der Waals surface area contributed by atoms with E-state index in [-0.39, 0.29) is 5.91 Å². The molecule has 0 spiro atoms. The Hall–Kier alpha value is -1.03. The van der Waals surface area contributed by atoms with Gasteiger partial charge in [-0.1, -0.05) is 39.0 Å². The van der Waals surface area contributed by atoms with E-state index in [1.54, 1.807) is 6.07 Å². The van der Waals surface area contributed by atoms with Crippen LogP contribution in [0, 0.1) is 0 Å². The van der Waals surface area contributed by atoms with Crippen LogP contribution in [0.4, 0.5) is 5.69 Å². The average molecular weight is 254 g/mol. The zero-order valence-electron chi connectivity index (χ0n) is 10.5. The summed E-state index contributed by atoms with van der Waals surface area (Å²) < 4.78 is 0. The van der Waals surface area contributed by atoms with Gasteiger partial charge in [-0.3, -0.25) is 4.79 Å². The molecule has 0 saturated carbocycles. The van der Waals surface area contributed by atoms with Gasteiger partial charge in [0.15, 0.2) is 0 Å². The molecule has 0 aliphatic rings. The lowest BCUT2D eigenvalue weighted by Crippen LogP contribution is -2.24. The molecule has 0 unspecified atom stereocenters. The minimum absolute atomic E-state index is 0.0361. The van der Waals surface area contributed by atoms with Crippen molar-refractivity contribution in [2.75, 3.05) is 12.3 Å². The number of hydrogen-bond acceptors (Lipinski definition) is 3. The quantitative estimate of drug-likeness (QED) is 0.698. The Balaban J connectivity index is 2.07. The third-order valence-electron chi connectivity index (χ3n) is 2.72. The number of nitrogens with two attached hydrogens (primary N) is 1. The third-order valence-corrected chi connectivity index (χ3v) is 3.65. The van der Waals surface area contributed by atoms with E-state index in [1.165, 1.54) is 43.4 Å². The highest BCUT2D eigenvalue weighted by atomic mass is 32.1. The maximum Gasteiger partial charge on any atom is 0.263 e. The van der Waals surface area contributed by atoms with Crippen molar-refractivity contribution in [3.63, 3.8) is 0 Å². The third kappa shape index (κ3) is 5.22. The predicted molar refractivity (Wildman–Crippen MR) is 74.4 cm³/mol. The highest BCUT2D eigenvalue weighted by Crippen LogP contribution is 2.18. The smallest absolute Gasteiger partial charge is 0.263 e. The molecule has 96 valence electrons. The zero-order chi connectivity index (χ0) is 12.5. The zero-order valence-corrected chi connectivity index (χ0v) is 11.3. The molecule has 0 aliphatic carbocycles. The van der Waals surface area contributed by atoms with E-state index in [9.17, 15) is 4.79 Å². The van der Waals surface area contributed by atoms with Crippen molar-refractivity contribution in [2.45, 2.75) is 45.4 Å². The second-order valence-electron chi connectivity index (χ2n) is 4.23. The van der Waals surface area contributed by atoms with Crippen LogP contribution in [0.25, 0.3) is 0 Å². The maximum atomic E-state index is 11.7. The van der Waals surface area contributed by atoms with E-state index in [1.807, 2.05) is 5.38 Å². The van der Waals surface area contributed by atoms with Gasteiger partial charge in [0.05, 0.1) is 5.69 Å². The Bertz CT molecular complexity index is 336. The summed E-state index contributed by atoms with van der Waals surface area (Å²) in [5.41, 5.74) is 6.26. The monoisotopic (exact) mass is 254 g/mol. The number of unbranched alkanes of at least 4 members (excludes halogenated alkanes) is 5. The lowest BCUT2D eigenvalue weighted by molar-refractivity contribution is 0.0958. The predicted octanol–water partition coefficient (Wildman–Crippen LogP) is 3.42. The van der Waals surface area contributed by atoms with Gasteiger partial charge in [0, 0.05) is 6.54 Å². The van der Waals surface area contributed by atoms with E-state index in [2.05, 4.69) is 12.2 Å². The number of nitrogen functional groups attached to an aromatic ring is 1. The Morgan fingerprint density at radius 2 is 2.00 bits per heavy atom. The van der Waals surface area contributed by atoms with E-state index in [0.29, 0.717) is 10.6 Å². The molecule has 0 aliphatic heterocycles. The summed E-state index contributed by atoms with van der Waals surface area (Å²) in [6.07, 6.45) is 7.42. The number of carbonyl (C=O) groups excluding carboxylic acids is 1. The Labute approximate surface area is 107 Å². The number of thiophene rings is 1. The van der Waals surface area contributed by atoms with Gasteiger partial charge >= 0.3 is 0 Å². The van der Waals surface area contributed by atoms with E-state index in [4.69, 9.17) is 5.73 Å². The van der Waals surface area contributed by atoms with Crippen molar-refractivity contribution in [3.8, 4) is 0 Å². The summed E-state index contributed by atoms with van der Waals surface area (Å²) in [6, 6.07) is 1.77. The molecule has 0 aromatic carbocycles. The van der Waals surface area contributed by atoms with Crippen LogP contribution in [-0.2, 0) is 0 Å². The van der Waals surface area contributed by atoms with Crippen molar-refractivity contribution >= 4 is 22.9 Å². The molecular formula is C13H22N2OS. The highest BCUT2D eigenvalue weighted by molar-refractivity contribution is 7.12. The van der Waals surface area contributed by atoms with Crippen LogP contribution in [0.5, 0.6) is 0 Å². The molecule has 4 heteroatoms. The fourth-order valence-corrected chi connectivity index (χ4v) is 2.43. The topological polar surface area (TPSA) is 55.1 Å². The van der Waals surface area contributed by atoms with Gasteiger partial charge in [0.1, 0.15) is 4.88 Å². The van der Waals surface area contributed by atoms with Crippen LogP contribution in [0.1, 0.15) is 55.1 Å². The lowest BCUT2D eigenvalue weighted by atomic mass is 10.1. The molecule has 0 fully saturated rings. The molecule has 1 heterocycles. The number of amides is 1. The Morgan fingerprint density at radius 1 is 1.29 bits per heavy atom. The number of nitrogens with one attached hydrogen (secondary N) is 1. The Kier molecular flexibility index (Phi) is 6.70. The maximum absolute atomic E-state index is 11.7. The summed E-state index contributed by atoms with van der Waals surface area (Å²) in [6.45, 7) is 2.97. The summed E-state index contributed by atoms with van der Waals surface area (Å²) in [5.74, 6) is -0.0361. The summed E-state index contributed by atoms with van der Waals surface area (Å²) in [5, 5.41) is 4.75. The highest BCUT2D eigenvalue weighted by Gasteiger charge is 2.09. The molecule has 0 saturated heterocycles. The standard InChI is InChI=1S/C13H22N2OS/c1-2-3-4-5-6-7-9-15-13(16)12-11(14)8-10-17-12/h8,10H,2-7,9,14H2,1H3,(H,15,16). The largest absolute Gasteiger partial charge is 0.397 e. The minimum Gasteiger partial charge on any atom is -0.397 e. The molecular weight excluding hydrogens is 232 g/mol. The first-order valence-corrected chi connectivity index (χ1v) is 7.24. The average Bonchev–Trinajstić information content (AvgIpc) is 2.74. The van der Waals surface area contributed by atoms with E-state index < -0.39 is 0 Å². The number of anilines is 1. The molecule has 17 heavy (non-hydrogen) atoms. The fourth-order valence-electron chi connectivity index (χ4n) is 1.69. The fraction of sp³-hybridized carbons (Fsp3) is 0.615.